The van der Waals surface area contributed by atoms with Gasteiger partial charge in [0.05, 0.1) is 11.4 Å². The van der Waals surface area contributed by atoms with Crippen LogP contribution in [0.2, 0.25) is 0 Å². The van der Waals surface area contributed by atoms with E-state index in [1.165, 1.54) is 40.7 Å². The number of amides is 1. The molecule has 3 aromatic rings. The van der Waals surface area contributed by atoms with Gasteiger partial charge in [0.25, 0.3) is 5.91 Å². The number of nitrogens with one attached hydrogen (secondary N) is 1. The number of hydrogen-bond donors (Lipinski definition) is 1. The Morgan fingerprint density at radius 2 is 1.87 bits per heavy atom. The normalized spacial score (nSPS) is 11.5. The third kappa shape index (κ3) is 6.41. The van der Waals surface area contributed by atoms with Gasteiger partial charge in [0.1, 0.15) is 5.75 Å². The van der Waals surface area contributed by atoms with Gasteiger partial charge in [0, 0.05) is 24.7 Å². The van der Waals surface area contributed by atoms with Crippen molar-refractivity contribution in [3.05, 3.63) is 54.1 Å². The molecule has 0 radical (unpaired) electrons. The van der Waals surface area contributed by atoms with Crippen molar-refractivity contribution in [2.75, 3.05) is 6.54 Å². The van der Waals surface area contributed by atoms with Crippen molar-refractivity contribution in [2.24, 2.45) is 5.92 Å². The zero-order valence-corrected chi connectivity index (χ0v) is 17.4. The molecule has 8 nitrogen and oxygen atoms in total. The predicted octanol–water partition coefficient (Wildman–Crippen LogP) is 3.63. The van der Waals surface area contributed by atoms with Gasteiger partial charge in [0.15, 0.2) is 10.9 Å². The maximum absolute atomic E-state index is 12.6. The molecule has 164 valence electrons. The SMILES string of the molecule is CC(C)CNC(=O)c1nnn(-c2ccc(OC(F)(F)F)cc2)c1CSc1ncccn1. The van der Waals surface area contributed by atoms with Gasteiger partial charge in [-0.1, -0.05) is 30.8 Å². The number of ether oxygens (including phenoxy) is 1. The molecule has 3 rings (SSSR count). The highest BCUT2D eigenvalue weighted by atomic mass is 32.2. The molecule has 0 bridgehead atoms. The number of nitrogens with zero attached hydrogens (tertiary/aromatic N) is 5. The van der Waals surface area contributed by atoms with Crippen molar-refractivity contribution in [2.45, 2.75) is 31.1 Å². The summed E-state index contributed by atoms with van der Waals surface area (Å²) in [5.41, 5.74) is 1.01. The molecule has 1 N–H and O–H groups in total. The number of thioether (sulfide) groups is 1. The van der Waals surface area contributed by atoms with E-state index in [-0.39, 0.29) is 29.0 Å². The van der Waals surface area contributed by atoms with Crippen LogP contribution in [0.25, 0.3) is 5.69 Å². The van der Waals surface area contributed by atoms with Crippen LogP contribution < -0.4 is 10.1 Å². The van der Waals surface area contributed by atoms with Crippen LogP contribution in [0.1, 0.15) is 30.0 Å². The monoisotopic (exact) mass is 452 g/mol. The number of rotatable bonds is 8. The first-order valence-electron chi connectivity index (χ1n) is 9.21. The highest BCUT2D eigenvalue weighted by molar-refractivity contribution is 7.98. The quantitative estimate of drug-likeness (QED) is 0.412. The van der Waals surface area contributed by atoms with Crippen molar-refractivity contribution >= 4 is 17.7 Å². The summed E-state index contributed by atoms with van der Waals surface area (Å²) >= 11 is 1.28. The summed E-state index contributed by atoms with van der Waals surface area (Å²) in [4.78, 5) is 20.9. The fourth-order valence-electron chi connectivity index (χ4n) is 2.48. The second-order valence-corrected chi connectivity index (χ2v) is 7.70. The molecule has 0 fully saturated rings. The molecule has 1 amide bonds. The lowest BCUT2D eigenvalue weighted by Crippen LogP contribution is -2.28. The lowest BCUT2D eigenvalue weighted by molar-refractivity contribution is -0.274. The number of carbonyl (C=O) groups is 1. The second-order valence-electron chi connectivity index (χ2n) is 6.76. The molecule has 0 spiro atoms. The van der Waals surface area contributed by atoms with Gasteiger partial charge in [0.2, 0.25) is 0 Å². The Morgan fingerprint density at radius 1 is 1.19 bits per heavy atom. The van der Waals surface area contributed by atoms with Crippen LogP contribution in [-0.2, 0) is 5.75 Å². The highest BCUT2D eigenvalue weighted by Gasteiger charge is 2.31. The molecule has 0 aliphatic rings. The van der Waals surface area contributed by atoms with Crippen molar-refractivity contribution in [3.8, 4) is 11.4 Å². The van der Waals surface area contributed by atoms with Gasteiger partial charge in [-0.2, -0.15) is 0 Å². The Hall–Kier alpha value is -3.15. The van der Waals surface area contributed by atoms with Crippen LogP contribution in [0.3, 0.4) is 0 Å². The highest BCUT2D eigenvalue weighted by Crippen LogP contribution is 2.26. The molecule has 31 heavy (non-hydrogen) atoms. The van der Waals surface area contributed by atoms with E-state index in [2.05, 4.69) is 30.3 Å². The minimum absolute atomic E-state index is 0.125. The van der Waals surface area contributed by atoms with Crippen molar-refractivity contribution < 1.29 is 22.7 Å². The van der Waals surface area contributed by atoms with Crippen molar-refractivity contribution in [1.82, 2.24) is 30.3 Å². The Bertz CT molecular complexity index is 1010. The average Bonchev–Trinajstić information content (AvgIpc) is 3.14. The number of carbonyl (C=O) groups excluding carboxylic acids is 1. The topological polar surface area (TPSA) is 94.8 Å². The lowest BCUT2D eigenvalue weighted by Gasteiger charge is -2.11. The fraction of sp³-hybridized carbons (Fsp3) is 0.316. The van der Waals surface area contributed by atoms with E-state index >= 15 is 0 Å². The maximum Gasteiger partial charge on any atom is 0.573 e. The smallest absolute Gasteiger partial charge is 0.406 e. The molecule has 0 aliphatic carbocycles. The van der Waals surface area contributed by atoms with Crippen LogP contribution in [-0.4, -0.2) is 43.8 Å². The molecule has 0 atom stereocenters. The van der Waals surface area contributed by atoms with Crippen LogP contribution in [0, 0.1) is 5.92 Å². The van der Waals surface area contributed by atoms with Crippen molar-refractivity contribution in [3.63, 3.8) is 0 Å². The molecule has 12 heteroatoms. The summed E-state index contributed by atoms with van der Waals surface area (Å²) < 4.78 is 42.5. The van der Waals surface area contributed by atoms with E-state index in [1.807, 2.05) is 13.8 Å². The van der Waals surface area contributed by atoms with Gasteiger partial charge >= 0.3 is 6.36 Å². The molecule has 0 unspecified atom stereocenters. The van der Waals surface area contributed by atoms with Gasteiger partial charge in [-0.15, -0.1) is 18.3 Å². The molecular formula is C19H19F3N6O2S. The summed E-state index contributed by atoms with van der Waals surface area (Å²) in [5.74, 6) is -0.237. The number of halogens is 3. The minimum atomic E-state index is -4.78. The molecule has 1 aromatic carbocycles. The summed E-state index contributed by atoms with van der Waals surface area (Å²) in [6.45, 7) is 4.39. The van der Waals surface area contributed by atoms with Crippen LogP contribution >= 0.6 is 11.8 Å². The lowest BCUT2D eigenvalue weighted by atomic mass is 10.2. The van der Waals surface area contributed by atoms with E-state index in [1.54, 1.807) is 18.5 Å². The molecule has 0 aliphatic heterocycles. The Kier molecular flexibility index (Phi) is 7.10. The van der Waals surface area contributed by atoms with E-state index in [4.69, 9.17) is 0 Å². The largest absolute Gasteiger partial charge is 0.573 e. The fourth-order valence-corrected chi connectivity index (χ4v) is 3.27. The Labute approximate surface area is 180 Å². The minimum Gasteiger partial charge on any atom is -0.406 e. The van der Waals surface area contributed by atoms with Crippen molar-refractivity contribution in [1.29, 1.82) is 0 Å². The first-order chi connectivity index (χ1) is 14.7. The maximum atomic E-state index is 12.6. The van der Waals surface area contributed by atoms with Crippen LogP contribution in [0.5, 0.6) is 5.75 Å². The van der Waals surface area contributed by atoms with Gasteiger partial charge in [-0.25, -0.2) is 14.6 Å². The summed E-state index contributed by atoms with van der Waals surface area (Å²) in [5, 5.41) is 11.3. The Balaban J connectivity index is 1.88. The Morgan fingerprint density at radius 3 is 2.48 bits per heavy atom. The number of hydrogen-bond acceptors (Lipinski definition) is 7. The van der Waals surface area contributed by atoms with Crippen LogP contribution in [0.4, 0.5) is 13.2 Å². The third-order valence-electron chi connectivity index (χ3n) is 3.84. The molecule has 0 saturated heterocycles. The number of alkyl halides is 3. The molecule has 2 heterocycles. The van der Waals surface area contributed by atoms with Gasteiger partial charge < -0.3 is 10.1 Å². The molecule has 2 aromatic heterocycles. The van der Waals surface area contributed by atoms with E-state index < -0.39 is 6.36 Å². The van der Waals surface area contributed by atoms with E-state index in [0.717, 1.165) is 0 Å². The summed E-state index contributed by atoms with van der Waals surface area (Å²) in [7, 11) is 0. The van der Waals surface area contributed by atoms with Crippen LogP contribution in [0.15, 0.2) is 47.9 Å². The van der Waals surface area contributed by atoms with Gasteiger partial charge in [-0.3, -0.25) is 4.79 Å². The summed E-state index contributed by atoms with van der Waals surface area (Å²) in [6.07, 6.45) is -1.59. The first-order valence-corrected chi connectivity index (χ1v) is 10.2. The average molecular weight is 452 g/mol. The second kappa shape index (κ2) is 9.77. The summed E-state index contributed by atoms with van der Waals surface area (Å²) in [6, 6.07) is 6.82. The molecular weight excluding hydrogens is 433 g/mol. The van der Waals surface area contributed by atoms with E-state index in [0.29, 0.717) is 23.1 Å². The first kappa shape index (κ1) is 22.5. The van der Waals surface area contributed by atoms with Gasteiger partial charge in [-0.05, 0) is 36.2 Å². The third-order valence-corrected chi connectivity index (χ3v) is 4.73. The molecule has 0 saturated carbocycles. The standard InChI is InChI=1S/C19H19F3N6O2S/c1-12(2)10-25-17(29)16-15(11-31-18-23-8-3-9-24-18)28(27-26-16)13-4-6-14(7-5-13)30-19(20,21)22/h3-9,12H,10-11H2,1-2H3,(H,25,29). The van der Waals surface area contributed by atoms with E-state index in [9.17, 15) is 18.0 Å². The predicted molar refractivity (Wildman–Crippen MR) is 107 cm³/mol. The number of benzene rings is 1. The number of aromatic nitrogens is 5. The zero-order chi connectivity index (χ0) is 22.4. The zero-order valence-electron chi connectivity index (χ0n) is 16.6.